The number of nitrogens with zero attached hydrogens (tertiary/aromatic N) is 3. The lowest BCUT2D eigenvalue weighted by atomic mass is 10.2. The van der Waals surface area contributed by atoms with Gasteiger partial charge >= 0.3 is 0 Å². The van der Waals surface area contributed by atoms with Gasteiger partial charge in [0.25, 0.3) is 5.56 Å². The Bertz CT molecular complexity index is 646. The van der Waals surface area contributed by atoms with Crippen LogP contribution in [0.5, 0.6) is 0 Å². The maximum atomic E-state index is 12.1. The lowest BCUT2D eigenvalue weighted by molar-refractivity contribution is 0.425. The molecule has 0 radical (unpaired) electrons. The summed E-state index contributed by atoms with van der Waals surface area (Å²) in [5.74, 6) is 0.725. The molecule has 0 aliphatic carbocycles. The third-order valence-corrected chi connectivity index (χ3v) is 3.19. The van der Waals surface area contributed by atoms with Crippen molar-refractivity contribution in [2.24, 2.45) is 7.05 Å². The maximum Gasteiger partial charge on any atom is 0.261 e. The van der Waals surface area contributed by atoms with Gasteiger partial charge in [0.2, 0.25) is 0 Å². The first-order valence-electron chi connectivity index (χ1n) is 6.35. The van der Waals surface area contributed by atoms with E-state index in [2.05, 4.69) is 15.2 Å². The van der Waals surface area contributed by atoms with Gasteiger partial charge in [-0.05, 0) is 39.2 Å². The predicted octanol–water partition coefficient (Wildman–Crippen LogP) is 1.22. The summed E-state index contributed by atoms with van der Waals surface area (Å²) < 4.78 is 1.57. The monoisotopic (exact) mass is 260 g/mol. The van der Waals surface area contributed by atoms with Crippen LogP contribution in [0, 0.1) is 6.92 Å². The van der Waals surface area contributed by atoms with Gasteiger partial charge in [-0.2, -0.15) is 0 Å². The summed E-state index contributed by atoms with van der Waals surface area (Å²) in [5, 5.41) is 3.99. The first-order valence-corrected chi connectivity index (χ1v) is 6.35. The molecule has 0 saturated carbocycles. The Hall–Kier alpha value is -1.88. The highest BCUT2D eigenvalue weighted by molar-refractivity contribution is 5.81. The Kier molecular flexibility index (Phi) is 3.85. The highest BCUT2D eigenvalue weighted by Crippen LogP contribution is 2.14. The van der Waals surface area contributed by atoms with Crippen molar-refractivity contribution in [2.45, 2.75) is 6.92 Å². The third kappa shape index (κ3) is 2.93. The van der Waals surface area contributed by atoms with E-state index in [-0.39, 0.29) is 5.56 Å². The summed E-state index contributed by atoms with van der Waals surface area (Å²) in [5.41, 5.74) is 1.74. The van der Waals surface area contributed by atoms with E-state index in [1.807, 2.05) is 39.2 Å². The average molecular weight is 260 g/mol. The second-order valence-corrected chi connectivity index (χ2v) is 4.99. The van der Waals surface area contributed by atoms with Crippen molar-refractivity contribution in [3.8, 4) is 0 Å². The minimum absolute atomic E-state index is 0.00217. The predicted molar refractivity (Wildman–Crippen MR) is 78.8 cm³/mol. The van der Waals surface area contributed by atoms with Crippen LogP contribution in [-0.4, -0.2) is 41.6 Å². The molecule has 0 aliphatic rings. The summed E-state index contributed by atoms with van der Waals surface area (Å²) in [4.78, 5) is 18.6. The SMILES string of the molecule is Cc1nc2cc(NCCN(C)C)ccc2c(=O)n1C. The molecular weight excluding hydrogens is 240 g/mol. The maximum absolute atomic E-state index is 12.1. The number of aromatic nitrogens is 2. The topological polar surface area (TPSA) is 50.2 Å². The van der Waals surface area contributed by atoms with Crippen LogP contribution in [0.3, 0.4) is 0 Å². The van der Waals surface area contributed by atoms with Crippen molar-refractivity contribution in [1.29, 1.82) is 0 Å². The summed E-state index contributed by atoms with van der Waals surface area (Å²) in [7, 11) is 5.82. The molecule has 0 saturated heterocycles. The molecule has 102 valence electrons. The molecule has 5 heteroatoms. The van der Waals surface area contributed by atoms with E-state index < -0.39 is 0 Å². The van der Waals surface area contributed by atoms with Gasteiger partial charge in [0.1, 0.15) is 5.82 Å². The molecular formula is C14H20N4O. The minimum atomic E-state index is 0.00217. The van der Waals surface area contributed by atoms with Gasteiger partial charge in [0.15, 0.2) is 0 Å². The Labute approximate surface area is 112 Å². The highest BCUT2D eigenvalue weighted by atomic mass is 16.1. The molecule has 1 N–H and O–H groups in total. The van der Waals surface area contributed by atoms with Gasteiger partial charge in [-0.1, -0.05) is 0 Å². The number of hydrogen-bond acceptors (Lipinski definition) is 4. The summed E-state index contributed by atoms with van der Waals surface area (Å²) in [6.45, 7) is 3.66. The molecule has 1 heterocycles. The van der Waals surface area contributed by atoms with Gasteiger partial charge < -0.3 is 10.2 Å². The van der Waals surface area contributed by atoms with E-state index in [1.165, 1.54) is 0 Å². The number of hydrogen-bond donors (Lipinski definition) is 1. The van der Waals surface area contributed by atoms with E-state index in [1.54, 1.807) is 11.6 Å². The molecule has 0 fully saturated rings. The molecule has 0 aliphatic heterocycles. The van der Waals surface area contributed by atoms with Crippen LogP contribution in [0.25, 0.3) is 10.9 Å². The Morgan fingerprint density at radius 1 is 1.37 bits per heavy atom. The summed E-state index contributed by atoms with van der Waals surface area (Å²) >= 11 is 0. The lowest BCUT2D eigenvalue weighted by Gasteiger charge is -2.12. The number of benzene rings is 1. The van der Waals surface area contributed by atoms with Crippen molar-refractivity contribution in [3.05, 3.63) is 34.4 Å². The van der Waals surface area contributed by atoms with Crippen LogP contribution in [-0.2, 0) is 7.05 Å². The molecule has 0 atom stereocenters. The molecule has 1 aromatic carbocycles. The second kappa shape index (κ2) is 5.40. The van der Waals surface area contributed by atoms with Crippen molar-refractivity contribution < 1.29 is 0 Å². The molecule has 0 amide bonds. The van der Waals surface area contributed by atoms with Crippen molar-refractivity contribution in [1.82, 2.24) is 14.5 Å². The minimum Gasteiger partial charge on any atom is -0.384 e. The molecule has 2 aromatic rings. The van der Waals surface area contributed by atoms with Crippen molar-refractivity contribution >= 4 is 16.6 Å². The second-order valence-electron chi connectivity index (χ2n) is 4.99. The summed E-state index contributed by atoms with van der Waals surface area (Å²) in [6.07, 6.45) is 0. The van der Waals surface area contributed by atoms with Crippen LogP contribution >= 0.6 is 0 Å². The van der Waals surface area contributed by atoms with Gasteiger partial charge in [-0.25, -0.2) is 4.98 Å². The van der Waals surface area contributed by atoms with E-state index >= 15 is 0 Å². The number of rotatable bonds is 4. The quantitative estimate of drug-likeness (QED) is 0.898. The first kappa shape index (κ1) is 13.5. The summed E-state index contributed by atoms with van der Waals surface area (Å²) in [6, 6.07) is 5.69. The van der Waals surface area contributed by atoms with Gasteiger partial charge in [0, 0.05) is 25.8 Å². The fourth-order valence-electron chi connectivity index (χ4n) is 1.92. The normalized spacial score (nSPS) is 11.2. The number of likely N-dealkylation sites (N-methyl/N-ethyl adjacent to an activating group) is 1. The number of anilines is 1. The molecule has 1 aromatic heterocycles. The first-order chi connectivity index (χ1) is 8.99. The van der Waals surface area contributed by atoms with Crippen LogP contribution in [0.2, 0.25) is 0 Å². The number of fused-ring (bicyclic) bond motifs is 1. The molecule has 0 unspecified atom stereocenters. The molecule has 0 spiro atoms. The molecule has 19 heavy (non-hydrogen) atoms. The van der Waals surface area contributed by atoms with Crippen molar-refractivity contribution in [2.75, 3.05) is 32.5 Å². The zero-order valence-corrected chi connectivity index (χ0v) is 11.9. The Morgan fingerprint density at radius 3 is 2.79 bits per heavy atom. The zero-order valence-electron chi connectivity index (χ0n) is 11.9. The Balaban J connectivity index is 2.31. The van der Waals surface area contributed by atoms with E-state index in [0.717, 1.165) is 30.1 Å². The van der Waals surface area contributed by atoms with E-state index in [4.69, 9.17) is 0 Å². The number of nitrogens with one attached hydrogen (secondary N) is 1. The fourth-order valence-corrected chi connectivity index (χ4v) is 1.92. The smallest absolute Gasteiger partial charge is 0.261 e. The van der Waals surface area contributed by atoms with Crippen LogP contribution < -0.4 is 10.9 Å². The van der Waals surface area contributed by atoms with E-state index in [0.29, 0.717) is 5.39 Å². The van der Waals surface area contributed by atoms with Gasteiger partial charge in [-0.15, -0.1) is 0 Å². The van der Waals surface area contributed by atoms with Crippen LogP contribution in [0.15, 0.2) is 23.0 Å². The lowest BCUT2D eigenvalue weighted by Crippen LogP contribution is -2.21. The third-order valence-electron chi connectivity index (χ3n) is 3.19. The molecule has 2 rings (SSSR count). The molecule has 0 bridgehead atoms. The van der Waals surface area contributed by atoms with Gasteiger partial charge in [-0.3, -0.25) is 9.36 Å². The zero-order chi connectivity index (χ0) is 14.0. The average Bonchev–Trinajstić information content (AvgIpc) is 2.35. The van der Waals surface area contributed by atoms with Crippen LogP contribution in [0.1, 0.15) is 5.82 Å². The number of aryl methyl sites for hydroxylation is 1. The standard InChI is InChI=1S/C14H20N4O/c1-10-16-13-9-11(15-7-8-17(2)3)5-6-12(13)14(19)18(10)4/h5-6,9,15H,7-8H2,1-4H3. The van der Waals surface area contributed by atoms with Gasteiger partial charge in [0.05, 0.1) is 10.9 Å². The highest BCUT2D eigenvalue weighted by Gasteiger charge is 2.05. The van der Waals surface area contributed by atoms with Crippen molar-refractivity contribution in [3.63, 3.8) is 0 Å². The van der Waals surface area contributed by atoms with Crippen LogP contribution in [0.4, 0.5) is 5.69 Å². The largest absolute Gasteiger partial charge is 0.384 e. The van der Waals surface area contributed by atoms with E-state index in [9.17, 15) is 4.79 Å². The fraction of sp³-hybridized carbons (Fsp3) is 0.429. The Morgan fingerprint density at radius 2 is 2.11 bits per heavy atom. The molecule has 5 nitrogen and oxygen atoms in total.